The van der Waals surface area contributed by atoms with E-state index in [9.17, 15) is 9.18 Å². The minimum absolute atomic E-state index is 0.0173. The molecule has 4 fully saturated rings. The van der Waals surface area contributed by atoms with Crippen LogP contribution in [0.3, 0.4) is 0 Å². The molecule has 4 saturated heterocycles. The third-order valence-electron chi connectivity index (χ3n) is 11.4. The van der Waals surface area contributed by atoms with Gasteiger partial charge in [0, 0.05) is 67.7 Å². The number of hydrogen-bond acceptors (Lipinski definition) is 9. The summed E-state index contributed by atoms with van der Waals surface area (Å²) in [5.74, 6) is -0.0863. The summed E-state index contributed by atoms with van der Waals surface area (Å²) in [4.78, 5) is 28.3. The predicted molar refractivity (Wildman–Crippen MR) is 200 cm³/mol. The van der Waals surface area contributed by atoms with E-state index >= 15 is 4.39 Å². The van der Waals surface area contributed by atoms with Crippen molar-refractivity contribution in [3.63, 3.8) is 0 Å². The molecular formula is C39H48ClF2N7O4. The molecule has 0 bridgehead atoms. The number of aromatic nitrogens is 4. The molecule has 284 valence electrons. The number of amides is 1. The average molecular weight is 752 g/mol. The fourth-order valence-electron chi connectivity index (χ4n) is 8.72. The monoisotopic (exact) mass is 751 g/mol. The van der Waals surface area contributed by atoms with Gasteiger partial charge in [0.05, 0.1) is 22.3 Å². The maximum Gasteiger partial charge on any atom is 0.410 e. The number of likely N-dealkylation sites (N-methyl/N-ethyl adjacent to an activating group) is 1. The Morgan fingerprint density at radius 1 is 1.13 bits per heavy atom. The van der Waals surface area contributed by atoms with Crippen LogP contribution < -0.4 is 9.64 Å². The number of nitrogens with zero attached hydrogens (tertiary/aromatic N) is 7. The van der Waals surface area contributed by atoms with Gasteiger partial charge in [-0.3, -0.25) is 4.90 Å². The molecule has 14 heteroatoms. The summed E-state index contributed by atoms with van der Waals surface area (Å²) in [6, 6.07) is 5.42. The molecule has 4 aliphatic heterocycles. The van der Waals surface area contributed by atoms with Crippen molar-refractivity contribution in [3.05, 3.63) is 40.8 Å². The summed E-state index contributed by atoms with van der Waals surface area (Å²) in [7, 11) is 1.89. The van der Waals surface area contributed by atoms with E-state index in [2.05, 4.69) is 4.90 Å². The van der Waals surface area contributed by atoms with Gasteiger partial charge < -0.3 is 24.0 Å². The van der Waals surface area contributed by atoms with Crippen molar-refractivity contribution < 1.29 is 27.8 Å². The zero-order valence-corrected chi connectivity index (χ0v) is 31.9. The van der Waals surface area contributed by atoms with Crippen LogP contribution in [0.15, 0.2) is 24.4 Å². The SMILES string of the molecule is Cc1cc2c(cnn2C2CCCCO2)c(-c2ccc3c(N(C)[C@H]4CCN(C(=O)OC(C)(C)C)C4)nc(OC[C@@]45CCCN4C[C@H](F)C5)nc3c2F)c1Cl. The van der Waals surface area contributed by atoms with E-state index in [1.807, 2.05) is 56.5 Å². The molecule has 11 nitrogen and oxygen atoms in total. The number of carbonyl (C=O) groups is 1. The highest BCUT2D eigenvalue weighted by molar-refractivity contribution is 6.36. The van der Waals surface area contributed by atoms with Crippen LogP contribution >= 0.6 is 11.6 Å². The molecule has 0 N–H and O–H groups in total. The topological polar surface area (TPSA) is 98.1 Å². The van der Waals surface area contributed by atoms with Crippen molar-refractivity contribution in [1.82, 2.24) is 29.5 Å². The van der Waals surface area contributed by atoms with Crippen LogP contribution in [0.2, 0.25) is 5.02 Å². The number of fused-ring (bicyclic) bond motifs is 3. The molecule has 6 heterocycles. The third-order valence-corrected chi connectivity index (χ3v) is 11.9. The fourth-order valence-corrected chi connectivity index (χ4v) is 8.98. The number of halogens is 3. The minimum atomic E-state index is -0.918. The zero-order valence-electron chi connectivity index (χ0n) is 31.1. The molecule has 2 aromatic heterocycles. The third kappa shape index (κ3) is 6.67. The lowest BCUT2D eigenvalue weighted by Crippen LogP contribution is -2.43. The number of carbonyl (C=O) groups excluding carboxylic acids is 1. The van der Waals surface area contributed by atoms with Gasteiger partial charge in [0.25, 0.3) is 0 Å². The summed E-state index contributed by atoms with van der Waals surface area (Å²) in [6.45, 7) is 10.4. The van der Waals surface area contributed by atoms with E-state index in [4.69, 9.17) is 40.9 Å². The molecule has 4 atom stereocenters. The van der Waals surface area contributed by atoms with Crippen molar-refractivity contribution in [2.45, 2.75) is 102 Å². The van der Waals surface area contributed by atoms with E-state index < -0.39 is 23.1 Å². The lowest BCUT2D eigenvalue weighted by Gasteiger charge is -2.31. The van der Waals surface area contributed by atoms with Gasteiger partial charge in [-0.05, 0) is 90.5 Å². The van der Waals surface area contributed by atoms with Crippen LogP contribution in [0.25, 0.3) is 32.9 Å². The van der Waals surface area contributed by atoms with Crippen molar-refractivity contribution in [3.8, 4) is 17.1 Å². The van der Waals surface area contributed by atoms with Gasteiger partial charge in [0.1, 0.15) is 29.7 Å². The first-order valence-corrected chi connectivity index (χ1v) is 19.2. The van der Waals surface area contributed by atoms with Gasteiger partial charge >= 0.3 is 12.1 Å². The lowest BCUT2D eigenvalue weighted by molar-refractivity contribution is -0.0366. The minimum Gasteiger partial charge on any atom is -0.461 e. The molecule has 0 radical (unpaired) electrons. The molecule has 53 heavy (non-hydrogen) atoms. The summed E-state index contributed by atoms with van der Waals surface area (Å²) >= 11 is 7.01. The summed E-state index contributed by atoms with van der Waals surface area (Å²) in [6.07, 6.45) is 5.96. The summed E-state index contributed by atoms with van der Waals surface area (Å²) < 4.78 is 51.8. The van der Waals surface area contributed by atoms with E-state index in [1.165, 1.54) is 0 Å². The number of benzene rings is 2. The number of rotatable bonds is 7. The summed E-state index contributed by atoms with van der Waals surface area (Å²) in [5.41, 5.74) is 1.45. The van der Waals surface area contributed by atoms with Crippen LogP contribution in [0.4, 0.5) is 19.4 Å². The van der Waals surface area contributed by atoms with Crippen molar-refractivity contribution in [1.29, 1.82) is 0 Å². The number of anilines is 1. The van der Waals surface area contributed by atoms with Crippen molar-refractivity contribution in [2.75, 3.05) is 51.3 Å². The Hall–Kier alpha value is -3.81. The second-order valence-corrected chi connectivity index (χ2v) is 16.6. The van der Waals surface area contributed by atoms with Gasteiger partial charge in [0.15, 0.2) is 12.0 Å². The molecule has 8 rings (SSSR count). The average Bonchev–Trinajstić information content (AvgIpc) is 3.91. The first-order valence-electron chi connectivity index (χ1n) is 18.8. The van der Waals surface area contributed by atoms with E-state index in [0.717, 1.165) is 49.7 Å². The molecule has 2 aromatic carbocycles. The molecule has 1 unspecified atom stereocenters. The van der Waals surface area contributed by atoms with Crippen LogP contribution in [0.5, 0.6) is 6.01 Å². The first-order chi connectivity index (χ1) is 25.3. The molecular weight excluding hydrogens is 704 g/mol. The van der Waals surface area contributed by atoms with Crippen molar-refractivity contribution >= 4 is 45.3 Å². The van der Waals surface area contributed by atoms with Crippen molar-refractivity contribution in [2.24, 2.45) is 0 Å². The largest absolute Gasteiger partial charge is 0.461 e. The van der Waals surface area contributed by atoms with Gasteiger partial charge in [-0.1, -0.05) is 17.7 Å². The van der Waals surface area contributed by atoms with Gasteiger partial charge in [-0.15, -0.1) is 0 Å². The number of aryl methyl sites for hydroxylation is 1. The molecule has 4 aromatic rings. The first kappa shape index (κ1) is 36.2. The lowest BCUT2D eigenvalue weighted by atomic mass is 9.95. The molecule has 0 saturated carbocycles. The number of likely N-dealkylation sites (tertiary alicyclic amines) is 1. The maximum atomic E-state index is 17.3. The Bertz CT molecular complexity index is 2050. The molecule has 0 spiro atoms. The van der Waals surface area contributed by atoms with Crippen LogP contribution in [-0.2, 0) is 9.47 Å². The highest BCUT2D eigenvalue weighted by Gasteiger charge is 2.49. The highest BCUT2D eigenvalue weighted by Crippen LogP contribution is 2.44. The Morgan fingerprint density at radius 2 is 1.96 bits per heavy atom. The Kier molecular flexibility index (Phi) is 9.42. The standard InChI is InChI=1S/C39H48ClF2N7O4/c1-23-17-29-28(19-43-49(29)30-9-6-7-16-51-30)31(32(23)40)26-10-11-27-34(33(26)42)44-36(52-22-39-13-8-14-48(39)20-24(41)18-39)45-35(27)46(5)25-12-15-47(21-25)37(50)53-38(2,3)4/h10-11,17,19,24-25,30H,6-9,12-16,18,20-22H2,1-5H3/t24-,25+,30?,39+/m1/s1. The van der Waals surface area contributed by atoms with Gasteiger partial charge in [-0.2, -0.15) is 15.1 Å². The smallest absolute Gasteiger partial charge is 0.410 e. The Labute approximate surface area is 313 Å². The normalized spacial score (nSPS) is 25.1. The number of ether oxygens (including phenoxy) is 3. The second kappa shape index (κ2) is 13.8. The predicted octanol–water partition coefficient (Wildman–Crippen LogP) is 7.85. The van der Waals surface area contributed by atoms with Crippen LogP contribution in [0.1, 0.15) is 77.5 Å². The van der Waals surface area contributed by atoms with E-state index in [1.54, 1.807) is 17.2 Å². The summed E-state index contributed by atoms with van der Waals surface area (Å²) in [5, 5.41) is 6.33. The molecule has 1 amide bonds. The Balaban J connectivity index is 1.20. The van der Waals surface area contributed by atoms with E-state index in [-0.39, 0.29) is 42.1 Å². The molecule has 4 aliphatic rings. The zero-order chi connectivity index (χ0) is 37.2. The second-order valence-electron chi connectivity index (χ2n) is 16.2. The van der Waals surface area contributed by atoms with Gasteiger partial charge in [0.2, 0.25) is 0 Å². The van der Waals surface area contributed by atoms with E-state index in [0.29, 0.717) is 66.3 Å². The van der Waals surface area contributed by atoms with Gasteiger partial charge in [-0.25, -0.2) is 18.3 Å². The highest BCUT2D eigenvalue weighted by atomic mass is 35.5. The number of hydrogen-bond donors (Lipinski definition) is 0. The van der Waals surface area contributed by atoms with Crippen LogP contribution in [0, 0.1) is 12.7 Å². The fraction of sp³-hybridized carbons (Fsp3) is 0.590. The Morgan fingerprint density at radius 3 is 2.74 bits per heavy atom. The molecule has 0 aliphatic carbocycles. The maximum absolute atomic E-state index is 17.3. The quantitative estimate of drug-likeness (QED) is 0.187. The number of alkyl halides is 1. The van der Waals surface area contributed by atoms with Crippen LogP contribution in [-0.4, -0.2) is 105 Å².